The fourth-order valence-corrected chi connectivity index (χ4v) is 8.62. The van der Waals surface area contributed by atoms with E-state index in [2.05, 4.69) is 141 Å². The summed E-state index contributed by atoms with van der Waals surface area (Å²) < 4.78 is 24.7. The topological polar surface area (TPSA) is 33.5 Å². The second kappa shape index (κ2) is 13.8. The van der Waals surface area contributed by atoms with Gasteiger partial charge < -0.3 is 14.5 Å². The highest BCUT2D eigenvalue weighted by atomic mass is 19.1. The van der Waals surface area contributed by atoms with E-state index in [1.54, 1.807) is 12.3 Å². The van der Waals surface area contributed by atoms with Crippen molar-refractivity contribution in [2.45, 2.75) is 0 Å². The van der Waals surface area contributed by atoms with E-state index in [0.29, 0.717) is 23.9 Å². The minimum atomic E-state index is -0.383. The second-order valence-electron chi connectivity index (χ2n) is 14.6. The van der Waals surface area contributed by atoms with Crippen molar-refractivity contribution in [3.8, 4) is 39.6 Å². The van der Waals surface area contributed by atoms with Crippen LogP contribution in [0.15, 0.2) is 200 Å². The average molecular weight is 751 g/mol. The Kier molecular flexibility index (Phi) is 8.00. The molecule has 1 aliphatic heterocycles. The van der Waals surface area contributed by atoms with Crippen molar-refractivity contribution in [1.29, 1.82) is 0 Å². The molecule has 0 amide bonds. The molecule has 0 saturated carbocycles. The number of pyridine rings is 1. The lowest BCUT2D eigenvalue weighted by Gasteiger charge is -2.27. The molecule has 0 spiro atoms. The molecule has 0 unspecified atom stereocenters. The lowest BCUT2D eigenvalue weighted by Crippen LogP contribution is -2.25. The third-order valence-electron chi connectivity index (χ3n) is 11.1. The van der Waals surface area contributed by atoms with Gasteiger partial charge in [-0.2, -0.15) is 0 Å². The Balaban J connectivity index is 1.05. The van der Waals surface area contributed by atoms with E-state index in [1.807, 2.05) is 60.7 Å². The molecule has 11 rings (SSSR count). The van der Waals surface area contributed by atoms with Gasteiger partial charge in [0.25, 0.3) is 0 Å². The van der Waals surface area contributed by atoms with Crippen LogP contribution in [0, 0.1) is 5.82 Å². The van der Waals surface area contributed by atoms with Crippen LogP contribution in [-0.2, 0) is 0 Å². The summed E-state index contributed by atoms with van der Waals surface area (Å²) in [5, 5.41) is 4.46. The van der Waals surface area contributed by atoms with E-state index >= 15 is 4.39 Å². The molecular formula is C52H35FN4O. The number of nitrogens with zero attached hydrogens (tertiary/aromatic N) is 4. The number of halogens is 1. The Bertz CT molecular complexity index is 3090. The number of para-hydroxylation sites is 2. The average Bonchev–Trinajstić information content (AvgIpc) is 3.83. The predicted octanol–water partition coefficient (Wildman–Crippen LogP) is 13.8. The molecule has 2 aromatic heterocycles. The van der Waals surface area contributed by atoms with E-state index in [9.17, 15) is 0 Å². The number of benzene rings is 8. The third kappa shape index (κ3) is 5.65. The summed E-state index contributed by atoms with van der Waals surface area (Å²) in [6.45, 7) is 0.450. The van der Waals surface area contributed by atoms with Crippen molar-refractivity contribution in [3.05, 3.63) is 206 Å². The van der Waals surface area contributed by atoms with E-state index in [1.165, 1.54) is 6.07 Å². The standard InChI is InChI=1S/C52H35FN4O/c53-38-30-39(32-41(31-38)58-40-26-27-46-45-20-9-10-23-47(45)57(49(46)33-40)50-24-11-12-29-54-50)55-34-56(52-44-19-8-7-18-37(44)25-28-48(52)55)51-42(35-14-3-1-4-15-35)21-13-22-43(51)36-16-5-2-6-17-36/h1-33H,34H2. The maximum absolute atomic E-state index is 15.9. The molecule has 0 atom stereocenters. The van der Waals surface area contributed by atoms with Crippen molar-refractivity contribution < 1.29 is 9.13 Å². The Morgan fingerprint density at radius 1 is 0.483 bits per heavy atom. The van der Waals surface area contributed by atoms with E-state index in [0.717, 1.165) is 77.7 Å². The first-order chi connectivity index (χ1) is 28.7. The van der Waals surface area contributed by atoms with Gasteiger partial charge in [0.1, 0.15) is 29.8 Å². The Hall–Kier alpha value is -7.70. The van der Waals surface area contributed by atoms with Crippen molar-refractivity contribution in [2.24, 2.45) is 0 Å². The number of fused-ring (bicyclic) bond motifs is 6. The van der Waals surface area contributed by atoms with Gasteiger partial charge in [0.15, 0.2) is 0 Å². The van der Waals surface area contributed by atoms with Crippen LogP contribution in [0.1, 0.15) is 0 Å². The zero-order chi connectivity index (χ0) is 38.6. The van der Waals surface area contributed by atoms with Gasteiger partial charge in [-0.3, -0.25) is 4.57 Å². The highest BCUT2D eigenvalue weighted by molar-refractivity contribution is 6.10. The van der Waals surface area contributed by atoms with E-state index in [-0.39, 0.29) is 5.82 Å². The summed E-state index contributed by atoms with van der Waals surface area (Å²) >= 11 is 0. The maximum Gasteiger partial charge on any atom is 0.137 e. The summed E-state index contributed by atoms with van der Waals surface area (Å²) in [6, 6.07) is 65.6. The van der Waals surface area contributed by atoms with Gasteiger partial charge in [0, 0.05) is 57.4 Å². The number of anilines is 4. The molecule has 58 heavy (non-hydrogen) atoms. The van der Waals surface area contributed by atoms with Crippen LogP contribution < -0.4 is 14.5 Å². The van der Waals surface area contributed by atoms with Gasteiger partial charge >= 0.3 is 0 Å². The van der Waals surface area contributed by atoms with Gasteiger partial charge in [-0.1, -0.05) is 133 Å². The molecule has 8 aromatic carbocycles. The molecular weight excluding hydrogens is 716 g/mol. The summed E-state index contributed by atoms with van der Waals surface area (Å²) in [7, 11) is 0. The maximum atomic E-state index is 15.9. The van der Waals surface area contributed by atoms with Crippen molar-refractivity contribution in [3.63, 3.8) is 0 Å². The lowest BCUT2D eigenvalue weighted by molar-refractivity contribution is 0.477. The van der Waals surface area contributed by atoms with Gasteiger partial charge in [0.2, 0.25) is 0 Å². The molecule has 3 heterocycles. The molecule has 0 bridgehead atoms. The number of ether oxygens (including phenoxy) is 1. The number of hydrogen-bond donors (Lipinski definition) is 0. The number of hydrogen-bond acceptors (Lipinski definition) is 4. The van der Waals surface area contributed by atoms with Crippen LogP contribution in [0.3, 0.4) is 0 Å². The van der Waals surface area contributed by atoms with Crippen LogP contribution in [0.2, 0.25) is 0 Å². The molecule has 6 heteroatoms. The zero-order valence-corrected chi connectivity index (χ0v) is 31.3. The van der Waals surface area contributed by atoms with Gasteiger partial charge in [-0.05, 0) is 59.0 Å². The summed E-state index contributed by atoms with van der Waals surface area (Å²) in [6.07, 6.45) is 1.80. The first-order valence-corrected chi connectivity index (χ1v) is 19.4. The fourth-order valence-electron chi connectivity index (χ4n) is 8.62. The molecule has 276 valence electrons. The Labute approximate surface area is 335 Å². The number of rotatable bonds is 7. The largest absolute Gasteiger partial charge is 0.457 e. The summed E-state index contributed by atoms with van der Waals surface area (Å²) in [5.74, 6) is 1.44. The minimum absolute atomic E-state index is 0.383. The molecule has 0 saturated heterocycles. The van der Waals surface area contributed by atoms with Crippen molar-refractivity contribution in [1.82, 2.24) is 9.55 Å². The van der Waals surface area contributed by atoms with E-state index in [4.69, 9.17) is 4.74 Å². The number of aromatic nitrogens is 2. The molecule has 0 N–H and O–H groups in total. The third-order valence-corrected chi connectivity index (χ3v) is 11.1. The predicted molar refractivity (Wildman–Crippen MR) is 235 cm³/mol. The summed E-state index contributed by atoms with van der Waals surface area (Å²) in [4.78, 5) is 9.27. The first-order valence-electron chi connectivity index (χ1n) is 19.4. The van der Waals surface area contributed by atoms with E-state index < -0.39 is 0 Å². The smallest absolute Gasteiger partial charge is 0.137 e. The Morgan fingerprint density at radius 2 is 1.17 bits per heavy atom. The van der Waals surface area contributed by atoms with Crippen LogP contribution in [0.5, 0.6) is 11.5 Å². The summed E-state index contributed by atoms with van der Waals surface area (Å²) in [5.41, 5.74) is 10.3. The zero-order valence-electron chi connectivity index (χ0n) is 31.3. The van der Waals surface area contributed by atoms with Crippen LogP contribution in [0.25, 0.3) is 60.6 Å². The first kappa shape index (κ1) is 33.6. The highest BCUT2D eigenvalue weighted by Crippen LogP contribution is 2.53. The fraction of sp³-hybridized carbons (Fsp3) is 0.0192. The van der Waals surface area contributed by atoms with Crippen LogP contribution in [-0.4, -0.2) is 16.2 Å². The second-order valence-corrected chi connectivity index (χ2v) is 14.6. The highest BCUT2D eigenvalue weighted by Gasteiger charge is 2.33. The van der Waals surface area contributed by atoms with Gasteiger partial charge in [-0.15, -0.1) is 0 Å². The quantitative estimate of drug-likeness (QED) is 0.162. The normalized spacial score (nSPS) is 12.4. The molecule has 0 aliphatic carbocycles. The molecule has 10 aromatic rings. The molecule has 0 radical (unpaired) electrons. The van der Waals surface area contributed by atoms with Crippen molar-refractivity contribution >= 4 is 55.3 Å². The van der Waals surface area contributed by atoms with Crippen LogP contribution in [0.4, 0.5) is 27.1 Å². The van der Waals surface area contributed by atoms with Crippen LogP contribution >= 0.6 is 0 Å². The minimum Gasteiger partial charge on any atom is -0.457 e. The SMILES string of the molecule is Fc1cc(Oc2ccc3c4ccccc4n(-c4ccccn4)c3c2)cc(N2CN(c3c(-c4ccccc4)cccc3-c3ccccc3)c3c2ccc2ccccc32)c1. The Morgan fingerprint density at radius 3 is 1.93 bits per heavy atom. The monoisotopic (exact) mass is 750 g/mol. The van der Waals surface area contributed by atoms with Gasteiger partial charge in [-0.25, -0.2) is 9.37 Å². The molecule has 1 aliphatic rings. The lowest BCUT2D eigenvalue weighted by atomic mass is 9.94. The molecule has 0 fully saturated rings. The molecule has 5 nitrogen and oxygen atoms in total. The van der Waals surface area contributed by atoms with Gasteiger partial charge in [0.05, 0.1) is 28.1 Å². The van der Waals surface area contributed by atoms with Crippen molar-refractivity contribution in [2.75, 3.05) is 16.5 Å².